The number of piperidine rings is 2. The lowest BCUT2D eigenvalue weighted by atomic mass is 9.70. The molecule has 1 aliphatic carbocycles. The van der Waals surface area contributed by atoms with Crippen LogP contribution in [0.15, 0.2) is 57.8 Å². The van der Waals surface area contributed by atoms with E-state index in [4.69, 9.17) is 9.72 Å². The average molecular weight is 847 g/mol. The third kappa shape index (κ3) is 5.36. The molecule has 3 saturated heterocycles. The second-order valence-corrected chi connectivity index (χ2v) is 18.0. The fraction of sp³-hybridized carbons (Fsp3) is 0.455. The van der Waals surface area contributed by atoms with E-state index in [1.807, 2.05) is 18.2 Å². The van der Waals surface area contributed by atoms with Crippen LogP contribution in [-0.4, -0.2) is 101 Å². The molecule has 14 heteroatoms. The summed E-state index contributed by atoms with van der Waals surface area (Å²) in [5, 5.41) is 2.90. The summed E-state index contributed by atoms with van der Waals surface area (Å²) in [7, 11) is 0. The number of aromatic nitrogens is 2. The maximum atomic E-state index is 13.7. The van der Waals surface area contributed by atoms with E-state index in [0.717, 1.165) is 110 Å². The number of carbonyl (C=O) groups excluding carboxylic acids is 4. The van der Waals surface area contributed by atoms with Crippen LogP contribution in [0.5, 0.6) is 5.75 Å². The van der Waals surface area contributed by atoms with Crippen LogP contribution in [0.2, 0.25) is 0 Å². The van der Waals surface area contributed by atoms with Gasteiger partial charge in [0.15, 0.2) is 5.75 Å². The molecule has 4 fully saturated rings. The van der Waals surface area contributed by atoms with E-state index in [0.29, 0.717) is 23.7 Å². The predicted molar refractivity (Wildman–Crippen MR) is 220 cm³/mol. The first-order valence-electron chi connectivity index (χ1n) is 20.8. The van der Waals surface area contributed by atoms with Gasteiger partial charge in [-0.05, 0) is 95.9 Å². The zero-order valence-electron chi connectivity index (χ0n) is 32.2. The third-order valence-electron chi connectivity index (χ3n) is 14.1. The highest BCUT2D eigenvalue weighted by molar-refractivity contribution is 9.10. The van der Waals surface area contributed by atoms with E-state index in [-0.39, 0.29) is 41.0 Å². The Hall–Kier alpha value is -5.08. The Balaban J connectivity index is 0.771. The quantitative estimate of drug-likeness (QED) is 0.282. The van der Waals surface area contributed by atoms with Gasteiger partial charge in [-0.1, -0.05) is 31.4 Å². The molecule has 2 atom stereocenters. The van der Waals surface area contributed by atoms with Crippen molar-refractivity contribution in [2.24, 2.45) is 5.92 Å². The lowest BCUT2D eigenvalue weighted by Crippen LogP contribution is -2.58. The minimum atomic E-state index is -1.01. The largest absolute Gasteiger partial charge is 0.488 e. The molecule has 1 spiro atoms. The van der Waals surface area contributed by atoms with Crippen molar-refractivity contribution in [3.05, 3.63) is 85.9 Å². The number of fused-ring (bicyclic) bond motifs is 12. The van der Waals surface area contributed by atoms with Gasteiger partial charge in [-0.15, -0.1) is 0 Å². The number of hydrogen-bond donors (Lipinski definition) is 1. The molecule has 1 aromatic heterocycles. The van der Waals surface area contributed by atoms with Crippen LogP contribution in [0.25, 0.3) is 16.6 Å². The highest BCUT2D eigenvalue weighted by Gasteiger charge is 2.49. The van der Waals surface area contributed by atoms with Crippen molar-refractivity contribution in [1.82, 2.24) is 24.7 Å². The van der Waals surface area contributed by atoms with Gasteiger partial charge in [0, 0.05) is 55.8 Å². The van der Waals surface area contributed by atoms with E-state index in [2.05, 4.69) is 64.8 Å². The minimum absolute atomic E-state index is 0.0769. The van der Waals surface area contributed by atoms with Crippen LogP contribution in [-0.2, 0) is 15.0 Å². The lowest BCUT2D eigenvalue weighted by Gasteiger charge is -2.47. The van der Waals surface area contributed by atoms with Gasteiger partial charge in [-0.25, -0.2) is 0 Å². The Morgan fingerprint density at radius 3 is 2.52 bits per heavy atom. The van der Waals surface area contributed by atoms with E-state index >= 15 is 0 Å². The number of carbonyl (C=O) groups is 4. The van der Waals surface area contributed by atoms with E-state index in [1.54, 1.807) is 6.07 Å². The fourth-order valence-corrected chi connectivity index (χ4v) is 11.7. The van der Waals surface area contributed by atoms with Gasteiger partial charge in [0.2, 0.25) is 11.8 Å². The molecule has 2 unspecified atom stereocenters. The van der Waals surface area contributed by atoms with E-state index in [9.17, 15) is 24.0 Å². The molecule has 6 aliphatic heterocycles. The number of rotatable bonds is 4. The number of nitrogens with zero attached hydrogens (tertiary/aromatic N) is 6. The molecule has 1 N–H and O–H groups in total. The number of nitrogens with one attached hydrogen (secondary N) is 1. The number of imide groups is 2. The van der Waals surface area contributed by atoms with Crippen LogP contribution >= 0.6 is 15.9 Å². The Bertz CT molecular complexity index is 2520. The summed E-state index contributed by atoms with van der Waals surface area (Å²) >= 11 is 3.64. The third-order valence-corrected chi connectivity index (χ3v) is 14.7. The first kappa shape index (κ1) is 36.0. The van der Waals surface area contributed by atoms with Crippen LogP contribution in [0.4, 0.5) is 11.4 Å². The number of anilines is 2. The number of piperazine rings is 1. The van der Waals surface area contributed by atoms with Gasteiger partial charge in [0.1, 0.15) is 18.5 Å². The Labute approximate surface area is 343 Å². The summed E-state index contributed by atoms with van der Waals surface area (Å²) in [4.78, 5) is 78.1. The molecule has 7 aliphatic rings. The van der Waals surface area contributed by atoms with Gasteiger partial charge < -0.3 is 14.5 Å². The smallest absolute Gasteiger partial charge is 0.281 e. The zero-order chi connectivity index (χ0) is 39.4. The molecular formula is C44H44BrN7O6. The topological polar surface area (TPSA) is 137 Å². The summed E-state index contributed by atoms with van der Waals surface area (Å²) in [5.74, 6) is -0.189. The van der Waals surface area contributed by atoms with Crippen molar-refractivity contribution in [2.45, 2.75) is 75.3 Å². The number of amides is 4. The van der Waals surface area contributed by atoms with Crippen molar-refractivity contribution in [3.63, 3.8) is 0 Å². The maximum Gasteiger partial charge on any atom is 0.281 e. The predicted octanol–water partition coefficient (Wildman–Crippen LogP) is 4.91. The first-order valence-corrected chi connectivity index (χ1v) is 21.6. The first-order chi connectivity index (χ1) is 28.2. The zero-order valence-corrected chi connectivity index (χ0v) is 33.8. The SMILES string of the molecule is O=C1CCC(N2C(=O)c3ccc4c(c3C2=O)OCC2CN(CC3CCN(c5ccc6c(c5)-n5c(nc(=O)c7c(Br)cccc75)C65CCCCC5)CC3)CCN42)C(=O)N1. The number of ether oxygens (including phenoxy) is 1. The number of benzene rings is 3. The lowest BCUT2D eigenvalue weighted by molar-refractivity contribution is -0.136. The number of halogens is 1. The van der Waals surface area contributed by atoms with Crippen LogP contribution in [0, 0.1) is 5.92 Å². The normalized spacial score (nSPS) is 24.1. The molecule has 1 saturated carbocycles. The molecule has 0 bridgehead atoms. The molecule has 11 rings (SSSR count). The summed E-state index contributed by atoms with van der Waals surface area (Å²) in [6.07, 6.45) is 7.89. The van der Waals surface area contributed by atoms with Gasteiger partial charge in [0.25, 0.3) is 17.4 Å². The van der Waals surface area contributed by atoms with Gasteiger partial charge in [-0.2, -0.15) is 4.98 Å². The van der Waals surface area contributed by atoms with E-state index in [1.165, 1.54) is 17.7 Å². The standard InChI is InChI=1S/C44H44BrN7O6/c45-30-5-4-6-31-37(30)40(55)47-43-44(15-2-1-3-16-44)29-9-7-26(21-34(29)51(31)43)49-17-13-25(14-18-49)22-48-19-20-50-27(23-48)24-58-38-32(50)10-8-28-36(38)42(57)52(41(28)56)33-11-12-35(53)46-39(33)54/h4-10,21,25,27,33H,1-3,11-20,22-24H2,(H,46,53,54). The van der Waals surface area contributed by atoms with Gasteiger partial charge in [-0.3, -0.25) is 43.7 Å². The molecule has 0 radical (unpaired) electrons. The second-order valence-electron chi connectivity index (χ2n) is 17.2. The average Bonchev–Trinajstić information content (AvgIpc) is 3.64. The highest BCUT2D eigenvalue weighted by Crippen LogP contribution is 2.52. The van der Waals surface area contributed by atoms with Crippen LogP contribution in [0.3, 0.4) is 0 Å². The molecule has 13 nitrogen and oxygen atoms in total. The van der Waals surface area contributed by atoms with Gasteiger partial charge in [0.05, 0.1) is 44.9 Å². The molecule has 4 amide bonds. The minimum Gasteiger partial charge on any atom is -0.488 e. The summed E-state index contributed by atoms with van der Waals surface area (Å²) in [6, 6.07) is 15.6. The maximum absolute atomic E-state index is 13.7. The molecule has 298 valence electrons. The summed E-state index contributed by atoms with van der Waals surface area (Å²) in [5.41, 5.74) is 5.48. The van der Waals surface area contributed by atoms with Crippen molar-refractivity contribution < 1.29 is 23.9 Å². The molecule has 3 aromatic carbocycles. The van der Waals surface area contributed by atoms with E-state index < -0.39 is 29.7 Å². The monoisotopic (exact) mass is 845 g/mol. The van der Waals surface area contributed by atoms with Crippen molar-refractivity contribution in [1.29, 1.82) is 0 Å². The van der Waals surface area contributed by atoms with Crippen molar-refractivity contribution >= 4 is 61.8 Å². The van der Waals surface area contributed by atoms with Crippen molar-refractivity contribution in [3.8, 4) is 11.4 Å². The Morgan fingerprint density at radius 1 is 0.879 bits per heavy atom. The Kier molecular flexibility index (Phi) is 8.38. The molecule has 4 aromatic rings. The Morgan fingerprint density at radius 2 is 1.71 bits per heavy atom. The number of hydrogen-bond acceptors (Lipinski definition) is 10. The highest BCUT2D eigenvalue weighted by atomic mass is 79.9. The molecular weight excluding hydrogens is 802 g/mol. The summed E-state index contributed by atoms with van der Waals surface area (Å²) in [6.45, 7) is 5.88. The van der Waals surface area contributed by atoms with Crippen molar-refractivity contribution in [2.75, 3.05) is 55.7 Å². The second kappa shape index (κ2) is 13.5. The van der Waals surface area contributed by atoms with Crippen LogP contribution < -0.4 is 25.4 Å². The molecule has 58 heavy (non-hydrogen) atoms. The van der Waals surface area contributed by atoms with Gasteiger partial charge >= 0.3 is 0 Å². The molecule has 7 heterocycles. The van der Waals surface area contributed by atoms with Crippen LogP contribution in [0.1, 0.15) is 89.9 Å². The fourth-order valence-electron chi connectivity index (χ4n) is 11.2. The summed E-state index contributed by atoms with van der Waals surface area (Å²) < 4.78 is 9.37.